The molecule has 0 rings (SSSR count). The molecule has 32 heavy (non-hydrogen) atoms. The highest BCUT2D eigenvalue weighted by atomic mass is 31.2. The Balaban J connectivity index is 3.77. The lowest BCUT2D eigenvalue weighted by atomic mass is 10.1. The maximum absolute atomic E-state index is 11.9. The Kier molecular flexibility index (Phi) is 18.3. The van der Waals surface area contributed by atoms with Crippen molar-refractivity contribution in [2.24, 2.45) is 0 Å². The van der Waals surface area contributed by atoms with E-state index in [0.717, 1.165) is 12.8 Å². The second kappa shape index (κ2) is 18.7. The first-order valence-corrected chi connectivity index (χ1v) is 13.4. The topological polar surface area (TPSA) is 103 Å². The number of rotatable bonds is 21. The van der Waals surface area contributed by atoms with E-state index in [4.69, 9.17) is 18.5 Å². The van der Waals surface area contributed by atoms with Crippen molar-refractivity contribution in [2.75, 3.05) is 61.2 Å². The maximum atomic E-state index is 11.9. The lowest BCUT2D eigenvalue weighted by Gasteiger charge is -2.24. The lowest BCUT2D eigenvalue weighted by molar-refractivity contribution is -0.870. The van der Waals surface area contributed by atoms with E-state index < -0.39 is 20.0 Å². The number of hydrogen-bond donors (Lipinski definition) is 2. The van der Waals surface area contributed by atoms with Crippen molar-refractivity contribution in [3.8, 4) is 0 Å². The average molecular weight is 484 g/mol. The Hall–Kier alpha value is -0.700. The predicted octanol–water partition coefficient (Wildman–Crippen LogP) is 4.49. The standard InChI is InChI=1S/C22H47N2O7P/c1-6-7-8-9-10-11-12-13-14-15-16-23-22(25)29-19-21(28-5)20-31-32(26,27)30-18-17-24(2,3)4/h21H,6-20H2,1-5H3,(H-,23,25,26,27)/p+1. The van der Waals surface area contributed by atoms with Gasteiger partial charge in [0.1, 0.15) is 25.9 Å². The van der Waals surface area contributed by atoms with Crippen molar-refractivity contribution < 1.29 is 37.3 Å². The number of nitrogens with zero attached hydrogens (tertiary/aromatic N) is 1. The van der Waals surface area contributed by atoms with Crippen LogP contribution < -0.4 is 5.32 Å². The van der Waals surface area contributed by atoms with Crippen molar-refractivity contribution in [3.05, 3.63) is 0 Å². The fourth-order valence-corrected chi connectivity index (χ4v) is 3.59. The fraction of sp³-hybridized carbons (Fsp3) is 0.955. The second-order valence-electron chi connectivity index (χ2n) is 9.18. The molecule has 2 N–H and O–H groups in total. The van der Waals surface area contributed by atoms with Gasteiger partial charge in [-0.05, 0) is 6.42 Å². The normalized spacial score (nSPS) is 14.7. The van der Waals surface area contributed by atoms with E-state index in [0.29, 0.717) is 17.6 Å². The number of methoxy groups -OCH3 is 1. The number of phosphoric ester groups is 1. The number of nitrogens with one attached hydrogen (secondary N) is 1. The van der Waals surface area contributed by atoms with Gasteiger partial charge in [-0.2, -0.15) is 0 Å². The molecule has 0 saturated carbocycles. The molecule has 0 saturated heterocycles. The van der Waals surface area contributed by atoms with Crippen LogP contribution in [0, 0.1) is 0 Å². The van der Waals surface area contributed by atoms with E-state index in [1.807, 2.05) is 21.1 Å². The quantitative estimate of drug-likeness (QED) is 0.141. The molecular formula is C22H48N2O7P+. The monoisotopic (exact) mass is 483 g/mol. The molecule has 0 bridgehead atoms. The Morgan fingerprint density at radius 2 is 1.50 bits per heavy atom. The summed E-state index contributed by atoms with van der Waals surface area (Å²) in [6.45, 7) is 3.14. The molecule has 10 heteroatoms. The van der Waals surface area contributed by atoms with Gasteiger partial charge in [-0.25, -0.2) is 9.36 Å². The minimum atomic E-state index is -4.18. The van der Waals surface area contributed by atoms with Gasteiger partial charge in [0.25, 0.3) is 0 Å². The Morgan fingerprint density at radius 1 is 0.938 bits per heavy atom. The van der Waals surface area contributed by atoms with Crippen molar-refractivity contribution in [3.63, 3.8) is 0 Å². The molecule has 1 amide bonds. The summed E-state index contributed by atoms with van der Waals surface area (Å²) in [6, 6.07) is 0. The van der Waals surface area contributed by atoms with Gasteiger partial charge < -0.3 is 24.2 Å². The van der Waals surface area contributed by atoms with Crippen LogP contribution in [0.5, 0.6) is 0 Å². The zero-order valence-electron chi connectivity index (χ0n) is 21.0. The van der Waals surface area contributed by atoms with Crippen LogP contribution in [0.2, 0.25) is 0 Å². The van der Waals surface area contributed by atoms with E-state index in [9.17, 15) is 14.3 Å². The van der Waals surface area contributed by atoms with Gasteiger partial charge >= 0.3 is 13.9 Å². The third-order valence-electron chi connectivity index (χ3n) is 4.97. The van der Waals surface area contributed by atoms with Gasteiger partial charge in [0.2, 0.25) is 0 Å². The zero-order valence-corrected chi connectivity index (χ0v) is 21.9. The van der Waals surface area contributed by atoms with Crippen LogP contribution in [0.15, 0.2) is 0 Å². The molecule has 0 aliphatic heterocycles. The molecule has 0 aromatic heterocycles. The molecule has 0 aromatic rings. The largest absolute Gasteiger partial charge is 0.472 e. The summed E-state index contributed by atoms with van der Waals surface area (Å²) in [4.78, 5) is 21.5. The van der Waals surface area contributed by atoms with E-state index in [2.05, 4.69) is 12.2 Å². The van der Waals surface area contributed by atoms with Crippen LogP contribution in [-0.4, -0.2) is 82.7 Å². The van der Waals surface area contributed by atoms with Crippen LogP contribution in [0.3, 0.4) is 0 Å². The molecule has 2 atom stereocenters. The molecule has 0 aliphatic rings. The molecule has 2 unspecified atom stereocenters. The fourth-order valence-electron chi connectivity index (χ4n) is 2.85. The van der Waals surface area contributed by atoms with Crippen molar-refractivity contribution in [1.29, 1.82) is 0 Å². The predicted molar refractivity (Wildman–Crippen MR) is 127 cm³/mol. The Labute approximate surface area is 195 Å². The van der Waals surface area contributed by atoms with E-state index in [1.54, 1.807) is 0 Å². The SMILES string of the molecule is CCCCCCCCCCCCNC(=O)OCC(COP(=O)(O)OCC[N+](C)(C)C)OC. The summed E-state index contributed by atoms with van der Waals surface area (Å²) in [6.07, 6.45) is 11.2. The van der Waals surface area contributed by atoms with Gasteiger partial charge in [0.05, 0.1) is 27.7 Å². The summed E-state index contributed by atoms with van der Waals surface area (Å²) in [5.74, 6) is 0. The molecule has 0 aliphatic carbocycles. The molecule has 0 heterocycles. The highest BCUT2D eigenvalue weighted by molar-refractivity contribution is 7.47. The van der Waals surface area contributed by atoms with E-state index in [1.165, 1.54) is 58.5 Å². The smallest absolute Gasteiger partial charge is 0.447 e. The van der Waals surface area contributed by atoms with Gasteiger partial charge in [-0.3, -0.25) is 9.05 Å². The number of unbranched alkanes of at least 4 members (excludes halogenated alkanes) is 9. The summed E-state index contributed by atoms with van der Waals surface area (Å²) in [5.41, 5.74) is 0. The number of carbonyl (C=O) groups excluding carboxylic acids is 1. The number of amides is 1. The van der Waals surface area contributed by atoms with Gasteiger partial charge in [0.15, 0.2) is 0 Å². The first-order chi connectivity index (χ1) is 15.1. The number of alkyl carbamates (subject to hydrolysis) is 1. The minimum Gasteiger partial charge on any atom is -0.447 e. The van der Waals surface area contributed by atoms with Crippen molar-refractivity contribution in [2.45, 2.75) is 77.2 Å². The van der Waals surface area contributed by atoms with Crippen LogP contribution in [0.4, 0.5) is 4.79 Å². The van der Waals surface area contributed by atoms with Crippen LogP contribution >= 0.6 is 7.82 Å². The first-order valence-electron chi connectivity index (χ1n) is 12.0. The molecule has 9 nitrogen and oxygen atoms in total. The first kappa shape index (κ1) is 31.3. The van der Waals surface area contributed by atoms with Gasteiger partial charge in [-0.1, -0.05) is 64.7 Å². The van der Waals surface area contributed by atoms with Gasteiger partial charge in [-0.15, -0.1) is 0 Å². The summed E-state index contributed by atoms with van der Waals surface area (Å²) in [7, 11) is 3.09. The minimum absolute atomic E-state index is 0.0841. The number of likely N-dealkylation sites (N-methyl/N-ethyl adjacent to an activating group) is 1. The summed E-state index contributed by atoms with van der Waals surface area (Å²) >= 11 is 0. The maximum Gasteiger partial charge on any atom is 0.472 e. The summed E-state index contributed by atoms with van der Waals surface area (Å²) < 4.78 is 32.7. The number of hydrogen-bond acceptors (Lipinski definition) is 6. The van der Waals surface area contributed by atoms with Crippen LogP contribution in [0.25, 0.3) is 0 Å². The average Bonchev–Trinajstić information content (AvgIpc) is 2.71. The van der Waals surface area contributed by atoms with Crippen LogP contribution in [-0.2, 0) is 23.1 Å². The van der Waals surface area contributed by atoms with Crippen molar-refractivity contribution in [1.82, 2.24) is 5.32 Å². The van der Waals surface area contributed by atoms with E-state index in [-0.39, 0.29) is 19.8 Å². The zero-order chi connectivity index (χ0) is 24.3. The molecule has 0 radical (unpaired) electrons. The third-order valence-corrected chi connectivity index (χ3v) is 5.96. The molecular weight excluding hydrogens is 435 g/mol. The number of quaternary nitrogens is 1. The highest BCUT2D eigenvalue weighted by Crippen LogP contribution is 2.43. The Bertz CT molecular complexity index is 515. The summed E-state index contributed by atoms with van der Waals surface area (Å²) in [5, 5.41) is 2.71. The van der Waals surface area contributed by atoms with E-state index >= 15 is 0 Å². The number of ether oxygens (including phenoxy) is 2. The molecule has 0 fully saturated rings. The second-order valence-corrected chi connectivity index (χ2v) is 10.6. The third kappa shape index (κ3) is 21.2. The molecule has 0 spiro atoms. The van der Waals surface area contributed by atoms with Crippen LogP contribution in [0.1, 0.15) is 71.1 Å². The number of phosphoric acid groups is 1. The Morgan fingerprint density at radius 3 is 2.03 bits per heavy atom. The molecule has 0 aromatic carbocycles. The highest BCUT2D eigenvalue weighted by Gasteiger charge is 2.25. The van der Waals surface area contributed by atoms with Gasteiger partial charge in [0, 0.05) is 13.7 Å². The van der Waals surface area contributed by atoms with Crippen molar-refractivity contribution >= 4 is 13.9 Å². The lowest BCUT2D eigenvalue weighted by Crippen LogP contribution is -2.37. The number of carbonyl (C=O) groups is 1. The molecule has 192 valence electrons.